The molecule has 1 heterocycles. The van der Waals surface area contributed by atoms with Crippen LogP contribution in [0.15, 0.2) is 35.1 Å². The highest BCUT2D eigenvalue weighted by Crippen LogP contribution is 2.13. The van der Waals surface area contributed by atoms with Crippen molar-refractivity contribution in [2.45, 2.75) is 13.0 Å². The van der Waals surface area contributed by atoms with Crippen LogP contribution in [0.3, 0.4) is 0 Å². The van der Waals surface area contributed by atoms with Gasteiger partial charge in [0.2, 0.25) is 5.56 Å². The fraction of sp³-hybridized carbons (Fsp3) is 0.357. The van der Waals surface area contributed by atoms with Gasteiger partial charge in [0, 0.05) is 37.2 Å². The summed E-state index contributed by atoms with van der Waals surface area (Å²) in [6, 6.07) is 9.51. The van der Waals surface area contributed by atoms with E-state index in [-0.39, 0.29) is 5.56 Å². The molecule has 2 aromatic rings. The molecule has 0 spiro atoms. The minimum Gasteiger partial charge on any atom is -0.385 e. The Morgan fingerprint density at radius 2 is 2.17 bits per heavy atom. The third kappa shape index (κ3) is 3.18. The normalized spacial score (nSPS) is 10.9. The molecule has 2 rings (SSSR count). The fourth-order valence-electron chi connectivity index (χ4n) is 1.99. The zero-order valence-electron chi connectivity index (χ0n) is 10.5. The van der Waals surface area contributed by atoms with Crippen LogP contribution in [0.25, 0.3) is 10.9 Å². The molecule has 0 bridgehead atoms. The molecule has 0 aliphatic rings. The maximum Gasteiger partial charge on any atom is 0.248 e. The Kier molecular flexibility index (Phi) is 4.50. The van der Waals surface area contributed by atoms with Crippen LogP contribution in [-0.2, 0) is 11.3 Å². The van der Waals surface area contributed by atoms with E-state index in [1.165, 1.54) is 0 Å². The second kappa shape index (κ2) is 6.33. The number of nitrogens with one attached hydrogen (secondary N) is 2. The number of ether oxygens (including phenoxy) is 1. The molecule has 0 amide bonds. The van der Waals surface area contributed by atoms with Crippen LogP contribution < -0.4 is 10.9 Å². The van der Waals surface area contributed by atoms with Crippen molar-refractivity contribution < 1.29 is 4.74 Å². The lowest BCUT2D eigenvalue weighted by Gasteiger charge is -2.07. The number of hydrogen-bond donors (Lipinski definition) is 2. The minimum absolute atomic E-state index is 0.0533. The van der Waals surface area contributed by atoms with E-state index in [1.807, 2.05) is 24.3 Å². The van der Waals surface area contributed by atoms with E-state index in [0.29, 0.717) is 6.54 Å². The van der Waals surface area contributed by atoms with Gasteiger partial charge in [-0.2, -0.15) is 0 Å². The van der Waals surface area contributed by atoms with Crippen LogP contribution in [0, 0.1) is 0 Å². The number of methoxy groups -OCH3 is 1. The quantitative estimate of drug-likeness (QED) is 0.762. The molecule has 4 heteroatoms. The summed E-state index contributed by atoms with van der Waals surface area (Å²) >= 11 is 0. The Balaban J connectivity index is 2.10. The second-order valence-corrected chi connectivity index (χ2v) is 4.23. The van der Waals surface area contributed by atoms with Crippen molar-refractivity contribution >= 4 is 10.9 Å². The van der Waals surface area contributed by atoms with Gasteiger partial charge >= 0.3 is 0 Å². The molecule has 0 radical (unpaired) electrons. The molecule has 0 aliphatic heterocycles. The molecule has 0 saturated carbocycles. The number of para-hydroxylation sites is 1. The van der Waals surface area contributed by atoms with Gasteiger partial charge < -0.3 is 15.0 Å². The Morgan fingerprint density at radius 1 is 1.33 bits per heavy atom. The van der Waals surface area contributed by atoms with Crippen molar-refractivity contribution in [1.82, 2.24) is 10.3 Å². The maximum atomic E-state index is 11.5. The van der Waals surface area contributed by atoms with Crippen molar-refractivity contribution in [3.63, 3.8) is 0 Å². The summed E-state index contributed by atoms with van der Waals surface area (Å²) in [7, 11) is 1.70. The molecule has 0 aliphatic carbocycles. The monoisotopic (exact) mass is 246 g/mol. The number of pyridine rings is 1. The van der Waals surface area contributed by atoms with E-state index < -0.39 is 0 Å². The summed E-state index contributed by atoms with van der Waals surface area (Å²) in [5.41, 5.74) is 1.87. The number of aromatic nitrogens is 1. The molecule has 96 valence electrons. The fourth-order valence-corrected chi connectivity index (χ4v) is 1.99. The second-order valence-electron chi connectivity index (χ2n) is 4.23. The van der Waals surface area contributed by atoms with Crippen molar-refractivity contribution in [3.05, 3.63) is 46.2 Å². The molecular weight excluding hydrogens is 228 g/mol. The topological polar surface area (TPSA) is 54.1 Å². The summed E-state index contributed by atoms with van der Waals surface area (Å²) < 4.78 is 4.99. The van der Waals surface area contributed by atoms with Crippen LogP contribution in [0.1, 0.15) is 12.0 Å². The predicted molar refractivity (Wildman–Crippen MR) is 72.8 cm³/mol. The Morgan fingerprint density at radius 3 is 3.00 bits per heavy atom. The van der Waals surface area contributed by atoms with Gasteiger partial charge in [-0.25, -0.2) is 0 Å². The standard InChI is InChI=1S/C14H18N2O2/c1-18-8-4-7-15-10-11-9-14(17)16-13-6-3-2-5-12(11)13/h2-3,5-6,9,15H,4,7-8,10H2,1H3,(H,16,17). The van der Waals surface area contributed by atoms with Gasteiger partial charge in [-0.15, -0.1) is 0 Å². The molecule has 0 unspecified atom stereocenters. The first-order valence-electron chi connectivity index (χ1n) is 6.12. The average molecular weight is 246 g/mol. The van der Waals surface area contributed by atoms with E-state index in [4.69, 9.17) is 4.74 Å². The first kappa shape index (κ1) is 12.8. The highest BCUT2D eigenvalue weighted by molar-refractivity contribution is 5.81. The van der Waals surface area contributed by atoms with Gasteiger partial charge in [0.05, 0.1) is 0 Å². The number of hydrogen-bond acceptors (Lipinski definition) is 3. The van der Waals surface area contributed by atoms with Crippen LogP contribution in [0.2, 0.25) is 0 Å². The SMILES string of the molecule is COCCCNCc1cc(=O)[nH]c2ccccc12. The third-order valence-electron chi connectivity index (χ3n) is 2.85. The van der Waals surface area contributed by atoms with E-state index in [1.54, 1.807) is 13.2 Å². The van der Waals surface area contributed by atoms with Crippen molar-refractivity contribution in [1.29, 1.82) is 0 Å². The zero-order valence-corrected chi connectivity index (χ0v) is 10.5. The van der Waals surface area contributed by atoms with Crippen molar-refractivity contribution in [2.24, 2.45) is 0 Å². The van der Waals surface area contributed by atoms with Gasteiger partial charge in [-0.1, -0.05) is 18.2 Å². The summed E-state index contributed by atoms with van der Waals surface area (Å²) in [6.07, 6.45) is 0.970. The first-order valence-corrected chi connectivity index (χ1v) is 6.12. The zero-order chi connectivity index (χ0) is 12.8. The number of benzene rings is 1. The van der Waals surface area contributed by atoms with Gasteiger partial charge in [0.1, 0.15) is 0 Å². The Labute approximate surface area is 106 Å². The molecule has 0 atom stereocenters. The smallest absolute Gasteiger partial charge is 0.248 e. The molecule has 0 saturated heterocycles. The lowest BCUT2D eigenvalue weighted by Crippen LogP contribution is -2.18. The highest BCUT2D eigenvalue weighted by atomic mass is 16.5. The van der Waals surface area contributed by atoms with E-state index in [9.17, 15) is 4.79 Å². The molecule has 1 aromatic carbocycles. The number of rotatable bonds is 6. The van der Waals surface area contributed by atoms with Crippen molar-refractivity contribution in [3.8, 4) is 0 Å². The summed E-state index contributed by atoms with van der Waals surface area (Å²) in [5, 5.41) is 4.42. The van der Waals surface area contributed by atoms with Crippen LogP contribution in [-0.4, -0.2) is 25.2 Å². The molecule has 2 N–H and O–H groups in total. The summed E-state index contributed by atoms with van der Waals surface area (Å²) in [6.45, 7) is 2.34. The number of fused-ring (bicyclic) bond motifs is 1. The molecular formula is C14H18N2O2. The minimum atomic E-state index is -0.0533. The average Bonchev–Trinajstić information content (AvgIpc) is 2.38. The van der Waals surface area contributed by atoms with Crippen LogP contribution in [0.5, 0.6) is 0 Å². The lowest BCUT2D eigenvalue weighted by atomic mass is 10.1. The van der Waals surface area contributed by atoms with Gasteiger partial charge in [0.25, 0.3) is 0 Å². The largest absolute Gasteiger partial charge is 0.385 e. The van der Waals surface area contributed by atoms with Gasteiger partial charge in [-0.05, 0) is 24.6 Å². The van der Waals surface area contributed by atoms with Gasteiger partial charge in [-0.3, -0.25) is 4.79 Å². The van der Waals surface area contributed by atoms with Crippen LogP contribution >= 0.6 is 0 Å². The van der Waals surface area contributed by atoms with Crippen molar-refractivity contribution in [2.75, 3.05) is 20.3 Å². The number of aromatic amines is 1. The Hall–Kier alpha value is -1.65. The third-order valence-corrected chi connectivity index (χ3v) is 2.85. The van der Waals surface area contributed by atoms with E-state index >= 15 is 0 Å². The lowest BCUT2D eigenvalue weighted by molar-refractivity contribution is 0.194. The maximum absolute atomic E-state index is 11.5. The first-order chi connectivity index (χ1) is 8.81. The molecule has 18 heavy (non-hydrogen) atoms. The number of H-pyrrole nitrogens is 1. The predicted octanol–water partition coefficient (Wildman–Crippen LogP) is 1.65. The summed E-state index contributed by atoms with van der Waals surface area (Å²) in [4.78, 5) is 14.4. The Bertz CT molecular complexity index is 563. The highest BCUT2D eigenvalue weighted by Gasteiger charge is 2.02. The molecule has 1 aromatic heterocycles. The van der Waals surface area contributed by atoms with E-state index in [2.05, 4.69) is 10.3 Å². The molecule has 4 nitrogen and oxygen atoms in total. The van der Waals surface area contributed by atoms with Crippen LogP contribution in [0.4, 0.5) is 0 Å². The van der Waals surface area contributed by atoms with Gasteiger partial charge in [0.15, 0.2) is 0 Å². The van der Waals surface area contributed by atoms with E-state index in [0.717, 1.165) is 36.0 Å². The molecule has 0 fully saturated rings. The summed E-state index contributed by atoms with van der Waals surface area (Å²) in [5.74, 6) is 0.